The topological polar surface area (TPSA) is 65.4 Å². The Bertz CT molecular complexity index is 642. The highest BCUT2D eigenvalue weighted by Crippen LogP contribution is 2.38. The summed E-state index contributed by atoms with van der Waals surface area (Å²) in [6.07, 6.45) is 2.34. The predicted molar refractivity (Wildman–Crippen MR) is 69.0 cm³/mol. The van der Waals surface area contributed by atoms with E-state index < -0.39 is 0 Å². The van der Waals surface area contributed by atoms with Crippen molar-refractivity contribution in [3.05, 3.63) is 41.0 Å². The predicted octanol–water partition coefficient (Wildman–Crippen LogP) is 2.99. The fourth-order valence-electron chi connectivity index (χ4n) is 1.74. The molecule has 2 aromatic rings. The van der Waals surface area contributed by atoms with E-state index in [9.17, 15) is 4.39 Å². The first kappa shape index (κ1) is 12.2. The van der Waals surface area contributed by atoms with Crippen LogP contribution in [0.3, 0.4) is 0 Å². The van der Waals surface area contributed by atoms with Crippen molar-refractivity contribution in [3.63, 3.8) is 0 Å². The molecule has 1 aliphatic rings. The molecule has 0 saturated heterocycles. The normalized spacial score (nSPS) is 14.3. The van der Waals surface area contributed by atoms with Crippen LogP contribution >= 0.6 is 11.8 Å². The van der Waals surface area contributed by atoms with Crippen molar-refractivity contribution in [2.45, 2.75) is 29.7 Å². The van der Waals surface area contributed by atoms with Crippen molar-refractivity contribution in [2.24, 2.45) is 0 Å². The second-order valence-corrected chi connectivity index (χ2v) is 5.43. The maximum absolute atomic E-state index is 13.7. The SMILES string of the molecule is N#Cc1ccc(CSc2n[nH]c(C3CC3)n2)c(F)c1. The van der Waals surface area contributed by atoms with Crippen molar-refractivity contribution >= 4 is 11.8 Å². The van der Waals surface area contributed by atoms with E-state index in [1.165, 1.54) is 30.7 Å². The number of aromatic nitrogens is 3. The van der Waals surface area contributed by atoms with Crippen LogP contribution in [0.4, 0.5) is 4.39 Å². The molecule has 0 amide bonds. The molecule has 1 aromatic carbocycles. The summed E-state index contributed by atoms with van der Waals surface area (Å²) in [4.78, 5) is 4.37. The van der Waals surface area contributed by atoms with Crippen molar-refractivity contribution in [3.8, 4) is 6.07 Å². The number of nitrogens with one attached hydrogen (secondary N) is 1. The first-order chi connectivity index (χ1) is 9.26. The van der Waals surface area contributed by atoms with Gasteiger partial charge in [-0.15, -0.1) is 5.10 Å². The largest absolute Gasteiger partial charge is 0.262 e. The monoisotopic (exact) mass is 274 g/mol. The highest BCUT2D eigenvalue weighted by Gasteiger charge is 2.27. The Hall–Kier alpha value is -1.87. The van der Waals surface area contributed by atoms with Crippen LogP contribution < -0.4 is 0 Å². The van der Waals surface area contributed by atoms with E-state index in [-0.39, 0.29) is 5.82 Å². The van der Waals surface area contributed by atoms with Crippen molar-refractivity contribution in [1.29, 1.82) is 5.26 Å². The molecule has 6 heteroatoms. The zero-order valence-corrected chi connectivity index (χ0v) is 10.9. The van der Waals surface area contributed by atoms with E-state index >= 15 is 0 Å². The fourth-order valence-corrected chi connectivity index (χ4v) is 2.53. The lowest BCUT2D eigenvalue weighted by atomic mass is 10.1. The summed E-state index contributed by atoms with van der Waals surface area (Å²) in [5.41, 5.74) is 0.891. The van der Waals surface area contributed by atoms with Gasteiger partial charge in [-0.3, -0.25) is 5.10 Å². The van der Waals surface area contributed by atoms with Gasteiger partial charge in [0.25, 0.3) is 0 Å². The third-order valence-corrected chi connectivity index (χ3v) is 3.88. The lowest BCUT2D eigenvalue weighted by Crippen LogP contribution is -1.89. The Morgan fingerprint density at radius 3 is 3.00 bits per heavy atom. The van der Waals surface area contributed by atoms with E-state index in [1.807, 2.05) is 6.07 Å². The molecule has 1 saturated carbocycles. The van der Waals surface area contributed by atoms with Crippen molar-refractivity contribution in [2.75, 3.05) is 0 Å². The Morgan fingerprint density at radius 1 is 1.47 bits per heavy atom. The molecular weight excluding hydrogens is 263 g/mol. The Morgan fingerprint density at radius 2 is 2.32 bits per heavy atom. The molecule has 0 atom stereocenters. The van der Waals surface area contributed by atoms with Gasteiger partial charge in [-0.2, -0.15) is 5.26 Å². The maximum atomic E-state index is 13.7. The van der Waals surface area contributed by atoms with Gasteiger partial charge >= 0.3 is 0 Å². The molecule has 4 nitrogen and oxygen atoms in total. The van der Waals surface area contributed by atoms with Gasteiger partial charge in [0, 0.05) is 11.7 Å². The van der Waals surface area contributed by atoms with Crippen molar-refractivity contribution < 1.29 is 4.39 Å². The number of H-pyrrole nitrogens is 1. The Labute approximate surface area is 114 Å². The molecule has 1 aromatic heterocycles. The highest BCUT2D eigenvalue weighted by atomic mass is 32.2. The van der Waals surface area contributed by atoms with E-state index in [1.54, 1.807) is 12.1 Å². The summed E-state index contributed by atoms with van der Waals surface area (Å²) in [6.45, 7) is 0. The average molecular weight is 274 g/mol. The lowest BCUT2D eigenvalue weighted by molar-refractivity contribution is 0.617. The van der Waals surface area contributed by atoms with Gasteiger partial charge in [0.1, 0.15) is 11.6 Å². The van der Waals surface area contributed by atoms with Gasteiger partial charge in [0.05, 0.1) is 11.6 Å². The second kappa shape index (κ2) is 5.02. The first-order valence-electron chi connectivity index (χ1n) is 6.00. The van der Waals surface area contributed by atoms with Crippen molar-refractivity contribution in [1.82, 2.24) is 15.2 Å². The molecule has 19 heavy (non-hydrogen) atoms. The lowest BCUT2D eigenvalue weighted by Gasteiger charge is -2.01. The third kappa shape index (κ3) is 2.76. The minimum absolute atomic E-state index is 0.333. The summed E-state index contributed by atoms with van der Waals surface area (Å²) in [5.74, 6) is 1.57. The molecule has 0 aliphatic heterocycles. The minimum Gasteiger partial charge on any atom is -0.262 e. The van der Waals surface area contributed by atoms with Gasteiger partial charge in [-0.05, 0) is 30.5 Å². The van der Waals surface area contributed by atoms with E-state index in [4.69, 9.17) is 5.26 Å². The zero-order chi connectivity index (χ0) is 13.2. The molecule has 0 unspecified atom stereocenters. The quantitative estimate of drug-likeness (QED) is 0.870. The van der Waals surface area contributed by atoms with Gasteiger partial charge in [-0.1, -0.05) is 17.8 Å². The standard InChI is InChI=1S/C13H11FN4S/c14-11-5-8(6-15)1-2-10(11)7-19-13-16-12(17-18-13)9-3-4-9/h1-2,5,9H,3-4,7H2,(H,16,17,18). The number of aromatic amines is 1. The molecule has 0 spiro atoms. The summed E-state index contributed by atoms with van der Waals surface area (Å²) in [5, 5.41) is 16.3. The van der Waals surface area contributed by atoms with Gasteiger partial charge in [-0.25, -0.2) is 9.37 Å². The second-order valence-electron chi connectivity index (χ2n) is 4.48. The number of nitriles is 1. The first-order valence-corrected chi connectivity index (χ1v) is 6.98. The molecule has 1 heterocycles. The van der Waals surface area contributed by atoms with Crippen LogP contribution in [-0.2, 0) is 5.75 Å². The Balaban J connectivity index is 1.66. The number of hydrogen-bond acceptors (Lipinski definition) is 4. The van der Waals surface area contributed by atoms with E-state index in [2.05, 4.69) is 15.2 Å². The molecule has 96 valence electrons. The van der Waals surface area contributed by atoms with Crippen LogP contribution in [-0.4, -0.2) is 15.2 Å². The van der Waals surface area contributed by atoms with Crippen LogP contribution in [0.5, 0.6) is 0 Å². The van der Waals surface area contributed by atoms with E-state index in [0.717, 1.165) is 5.82 Å². The van der Waals surface area contributed by atoms with Crippen LogP contribution in [0.25, 0.3) is 0 Å². The Kier molecular flexibility index (Phi) is 3.22. The highest BCUT2D eigenvalue weighted by molar-refractivity contribution is 7.98. The molecule has 3 rings (SSSR count). The molecule has 1 fully saturated rings. The van der Waals surface area contributed by atoms with Crippen LogP contribution in [0.2, 0.25) is 0 Å². The van der Waals surface area contributed by atoms with E-state index in [0.29, 0.717) is 28.0 Å². The van der Waals surface area contributed by atoms with Gasteiger partial charge in [0.15, 0.2) is 0 Å². The van der Waals surface area contributed by atoms with Gasteiger partial charge < -0.3 is 0 Å². The summed E-state index contributed by atoms with van der Waals surface area (Å²) < 4.78 is 13.7. The summed E-state index contributed by atoms with van der Waals surface area (Å²) in [6, 6.07) is 6.42. The van der Waals surface area contributed by atoms with Crippen LogP contribution in [0.1, 0.15) is 35.7 Å². The molecular formula is C13H11FN4S. The number of benzene rings is 1. The number of thioether (sulfide) groups is 1. The number of halogens is 1. The average Bonchev–Trinajstić information content (AvgIpc) is 3.17. The molecule has 0 radical (unpaired) electrons. The minimum atomic E-state index is -0.357. The van der Waals surface area contributed by atoms with Crippen LogP contribution in [0.15, 0.2) is 23.4 Å². The number of hydrogen-bond donors (Lipinski definition) is 1. The van der Waals surface area contributed by atoms with Crippen LogP contribution in [0, 0.1) is 17.1 Å². The number of rotatable bonds is 4. The van der Waals surface area contributed by atoms with Gasteiger partial charge in [0.2, 0.25) is 5.16 Å². The maximum Gasteiger partial charge on any atom is 0.208 e. The molecule has 1 aliphatic carbocycles. The summed E-state index contributed by atoms with van der Waals surface area (Å²) >= 11 is 1.39. The fraction of sp³-hybridized carbons (Fsp3) is 0.308. The molecule has 1 N–H and O–H groups in total. The third-order valence-electron chi connectivity index (χ3n) is 2.99. The smallest absolute Gasteiger partial charge is 0.208 e. The number of nitrogens with zero attached hydrogens (tertiary/aromatic N) is 3. The zero-order valence-electron chi connectivity index (χ0n) is 10.1. The summed E-state index contributed by atoms with van der Waals surface area (Å²) in [7, 11) is 0. The molecule has 0 bridgehead atoms.